The summed E-state index contributed by atoms with van der Waals surface area (Å²) in [7, 11) is 0. The molecule has 0 unspecified atom stereocenters. The summed E-state index contributed by atoms with van der Waals surface area (Å²) in [5.41, 5.74) is 7.11. The molecule has 1 aliphatic rings. The third kappa shape index (κ3) is 1.54. The first-order chi connectivity index (χ1) is 6.68. The largest absolute Gasteiger partial charge is 0.330 e. The summed E-state index contributed by atoms with van der Waals surface area (Å²) in [4.78, 5) is 0. The first kappa shape index (κ1) is 10.3. The topological polar surface area (TPSA) is 26.0 Å². The minimum atomic E-state index is 0.127. The van der Waals surface area contributed by atoms with E-state index in [1.807, 2.05) is 12.1 Å². The third-order valence-corrected chi connectivity index (χ3v) is 3.75. The molecular formula is C11H13Cl2N. The maximum Gasteiger partial charge on any atom is 0.0458 e. The quantitative estimate of drug-likeness (QED) is 0.828. The lowest BCUT2D eigenvalue weighted by Crippen LogP contribution is -2.41. The molecule has 76 valence electrons. The summed E-state index contributed by atoms with van der Waals surface area (Å²) in [6.07, 6.45) is 3.53. The van der Waals surface area contributed by atoms with Gasteiger partial charge in [0.2, 0.25) is 0 Å². The summed E-state index contributed by atoms with van der Waals surface area (Å²) in [6, 6.07) is 5.70. The minimum absolute atomic E-state index is 0.127. The lowest BCUT2D eigenvalue weighted by atomic mass is 9.64. The van der Waals surface area contributed by atoms with Crippen molar-refractivity contribution in [2.45, 2.75) is 24.7 Å². The van der Waals surface area contributed by atoms with Gasteiger partial charge >= 0.3 is 0 Å². The van der Waals surface area contributed by atoms with Crippen LogP contribution in [0.2, 0.25) is 10.0 Å². The van der Waals surface area contributed by atoms with Crippen LogP contribution in [-0.2, 0) is 5.41 Å². The fraction of sp³-hybridized carbons (Fsp3) is 0.455. The summed E-state index contributed by atoms with van der Waals surface area (Å²) >= 11 is 12.0. The molecule has 0 heterocycles. The van der Waals surface area contributed by atoms with Crippen molar-refractivity contribution in [3.05, 3.63) is 33.8 Å². The number of rotatable bonds is 2. The number of halogens is 2. The SMILES string of the molecule is NCC1(c2ccc(Cl)cc2Cl)CCC1. The predicted octanol–water partition coefficient (Wildman–Crippen LogP) is 3.37. The molecule has 3 heteroatoms. The van der Waals surface area contributed by atoms with Crippen molar-refractivity contribution in [1.29, 1.82) is 0 Å². The summed E-state index contributed by atoms with van der Waals surface area (Å²) in [6.45, 7) is 0.675. The molecule has 14 heavy (non-hydrogen) atoms. The zero-order valence-corrected chi connectivity index (χ0v) is 9.41. The minimum Gasteiger partial charge on any atom is -0.330 e. The van der Waals surface area contributed by atoms with Gasteiger partial charge < -0.3 is 5.73 Å². The number of hydrogen-bond donors (Lipinski definition) is 1. The Hall–Kier alpha value is -0.240. The van der Waals surface area contributed by atoms with E-state index in [0.29, 0.717) is 11.6 Å². The molecule has 0 radical (unpaired) electrons. The average molecular weight is 230 g/mol. The Kier molecular flexibility index (Phi) is 2.74. The van der Waals surface area contributed by atoms with E-state index in [0.717, 1.165) is 23.4 Å². The Balaban J connectivity index is 2.40. The molecule has 0 saturated heterocycles. The highest BCUT2D eigenvalue weighted by molar-refractivity contribution is 6.35. The Morgan fingerprint density at radius 1 is 1.29 bits per heavy atom. The molecule has 0 atom stereocenters. The Bertz CT molecular complexity index is 340. The van der Waals surface area contributed by atoms with Crippen LogP contribution < -0.4 is 5.73 Å². The highest BCUT2D eigenvalue weighted by Gasteiger charge is 2.38. The second-order valence-corrected chi connectivity index (χ2v) is 4.81. The van der Waals surface area contributed by atoms with E-state index in [9.17, 15) is 0 Å². The normalized spacial score (nSPS) is 19.1. The van der Waals surface area contributed by atoms with Crippen molar-refractivity contribution in [1.82, 2.24) is 0 Å². The van der Waals surface area contributed by atoms with Crippen molar-refractivity contribution in [2.75, 3.05) is 6.54 Å². The molecule has 0 aliphatic heterocycles. The molecule has 1 fully saturated rings. The number of hydrogen-bond acceptors (Lipinski definition) is 1. The second-order valence-electron chi connectivity index (χ2n) is 3.96. The molecule has 1 nitrogen and oxygen atoms in total. The molecule has 1 saturated carbocycles. The Morgan fingerprint density at radius 2 is 2.00 bits per heavy atom. The summed E-state index contributed by atoms with van der Waals surface area (Å²) in [5.74, 6) is 0. The van der Waals surface area contributed by atoms with Gasteiger partial charge in [-0.3, -0.25) is 0 Å². The van der Waals surface area contributed by atoms with Crippen LogP contribution in [0.1, 0.15) is 24.8 Å². The second kappa shape index (κ2) is 3.73. The van der Waals surface area contributed by atoms with Crippen LogP contribution in [0.15, 0.2) is 18.2 Å². The highest BCUT2D eigenvalue weighted by Crippen LogP contribution is 2.45. The highest BCUT2D eigenvalue weighted by atomic mass is 35.5. The number of nitrogens with two attached hydrogens (primary N) is 1. The van der Waals surface area contributed by atoms with Crippen LogP contribution in [0, 0.1) is 0 Å². The van der Waals surface area contributed by atoms with Crippen LogP contribution >= 0.6 is 23.2 Å². The molecule has 1 aromatic carbocycles. The van der Waals surface area contributed by atoms with Crippen molar-refractivity contribution in [2.24, 2.45) is 5.73 Å². The molecule has 0 amide bonds. The van der Waals surface area contributed by atoms with Gasteiger partial charge in [-0.25, -0.2) is 0 Å². The van der Waals surface area contributed by atoms with Crippen molar-refractivity contribution in [3.63, 3.8) is 0 Å². The zero-order valence-electron chi connectivity index (χ0n) is 7.89. The van der Waals surface area contributed by atoms with Gasteiger partial charge in [0, 0.05) is 22.0 Å². The fourth-order valence-electron chi connectivity index (χ4n) is 2.11. The van der Waals surface area contributed by atoms with Crippen LogP contribution in [-0.4, -0.2) is 6.54 Å². The van der Waals surface area contributed by atoms with Gasteiger partial charge in [0.25, 0.3) is 0 Å². The van der Waals surface area contributed by atoms with Gasteiger partial charge in [0.1, 0.15) is 0 Å². The van der Waals surface area contributed by atoms with Crippen molar-refractivity contribution < 1.29 is 0 Å². The smallest absolute Gasteiger partial charge is 0.0458 e. The van der Waals surface area contributed by atoms with E-state index in [1.54, 1.807) is 6.07 Å². The van der Waals surface area contributed by atoms with Gasteiger partial charge in [-0.1, -0.05) is 35.7 Å². The van der Waals surface area contributed by atoms with Gasteiger partial charge in [0.15, 0.2) is 0 Å². The molecule has 0 bridgehead atoms. The molecular weight excluding hydrogens is 217 g/mol. The molecule has 1 aromatic rings. The maximum absolute atomic E-state index is 6.17. The molecule has 1 aliphatic carbocycles. The van der Waals surface area contributed by atoms with Crippen LogP contribution in [0.5, 0.6) is 0 Å². The van der Waals surface area contributed by atoms with Gasteiger partial charge in [-0.2, -0.15) is 0 Å². The van der Waals surface area contributed by atoms with E-state index in [4.69, 9.17) is 28.9 Å². The standard InChI is InChI=1S/C11H13Cl2N/c12-8-2-3-9(10(13)6-8)11(7-14)4-1-5-11/h2-3,6H,1,4-5,7,14H2. The number of benzene rings is 1. The molecule has 2 N–H and O–H groups in total. The first-order valence-corrected chi connectivity index (χ1v) is 5.59. The van der Waals surface area contributed by atoms with Crippen molar-refractivity contribution >= 4 is 23.2 Å². The zero-order chi connectivity index (χ0) is 10.2. The van der Waals surface area contributed by atoms with Gasteiger partial charge in [-0.15, -0.1) is 0 Å². The lowest BCUT2D eigenvalue weighted by molar-refractivity contribution is 0.253. The molecule has 0 aromatic heterocycles. The summed E-state index contributed by atoms with van der Waals surface area (Å²) < 4.78 is 0. The van der Waals surface area contributed by atoms with E-state index < -0.39 is 0 Å². The van der Waals surface area contributed by atoms with Crippen LogP contribution in [0.4, 0.5) is 0 Å². The predicted molar refractivity (Wildman–Crippen MR) is 61.0 cm³/mol. The van der Waals surface area contributed by atoms with Crippen molar-refractivity contribution in [3.8, 4) is 0 Å². The third-order valence-electron chi connectivity index (χ3n) is 3.20. The molecule has 0 spiro atoms. The first-order valence-electron chi connectivity index (χ1n) is 4.83. The fourth-order valence-corrected chi connectivity index (χ4v) is 2.72. The van der Waals surface area contributed by atoms with Crippen LogP contribution in [0.3, 0.4) is 0 Å². The Labute approximate surface area is 94.2 Å². The summed E-state index contributed by atoms with van der Waals surface area (Å²) in [5, 5.41) is 1.44. The van der Waals surface area contributed by atoms with E-state index in [2.05, 4.69) is 0 Å². The lowest BCUT2D eigenvalue weighted by Gasteiger charge is -2.42. The van der Waals surface area contributed by atoms with E-state index in [-0.39, 0.29) is 5.41 Å². The average Bonchev–Trinajstić information content (AvgIpc) is 2.07. The molecule has 2 rings (SSSR count). The maximum atomic E-state index is 6.17. The van der Waals surface area contributed by atoms with E-state index >= 15 is 0 Å². The van der Waals surface area contributed by atoms with Gasteiger partial charge in [-0.05, 0) is 30.5 Å². The Morgan fingerprint density at radius 3 is 2.43 bits per heavy atom. The monoisotopic (exact) mass is 229 g/mol. The van der Waals surface area contributed by atoms with E-state index in [1.165, 1.54) is 6.42 Å². The van der Waals surface area contributed by atoms with Gasteiger partial charge in [0.05, 0.1) is 0 Å². The van der Waals surface area contributed by atoms with Crippen LogP contribution in [0.25, 0.3) is 0 Å².